The quantitative estimate of drug-likeness (QED) is 0.489. The minimum absolute atomic E-state index is 0.0941. The predicted molar refractivity (Wildman–Crippen MR) is 36.2 cm³/mol. The van der Waals surface area contributed by atoms with Gasteiger partial charge in [0.2, 0.25) is 0 Å². The molecule has 0 aliphatic heterocycles. The fourth-order valence-corrected chi connectivity index (χ4v) is 0.778. The average molecular weight is 137 g/mol. The average Bonchev–Trinajstić information content (AvgIpc) is 2.33. The molecule has 0 aliphatic rings. The van der Waals surface area contributed by atoms with Crippen molar-refractivity contribution in [1.29, 1.82) is 0 Å². The molecule has 0 amide bonds. The first kappa shape index (κ1) is 6.74. The van der Waals surface area contributed by atoms with E-state index in [0.717, 1.165) is 0 Å². The maximum absolute atomic E-state index is 10.7. The Balaban J connectivity index is 3.13. The number of nitrogens with one attached hydrogen (secondary N) is 1. The summed E-state index contributed by atoms with van der Waals surface area (Å²) in [5.41, 5.74) is 0.877. The molecule has 0 fully saturated rings. The van der Waals surface area contributed by atoms with Gasteiger partial charge in [0, 0.05) is 23.5 Å². The lowest BCUT2D eigenvalue weighted by molar-refractivity contribution is 0.101. The lowest BCUT2D eigenvalue weighted by Gasteiger charge is -1.86. The molecule has 1 N–H and O–H groups in total. The van der Waals surface area contributed by atoms with Crippen LogP contribution in [0.1, 0.15) is 27.6 Å². The molecular weight excluding hydrogens is 130 g/mol. The van der Waals surface area contributed by atoms with Gasteiger partial charge in [0.05, 0.1) is 0 Å². The van der Waals surface area contributed by atoms with Crippen molar-refractivity contribution in [3.05, 3.63) is 23.5 Å². The van der Waals surface area contributed by atoms with Crippen molar-refractivity contribution in [2.75, 3.05) is 0 Å². The van der Waals surface area contributed by atoms with E-state index >= 15 is 0 Å². The highest BCUT2D eigenvalue weighted by atomic mass is 16.1. The molecule has 3 heteroatoms. The first-order valence-electron chi connectivity index (χ1n) is 2.88. The van der Waals surface area contributed by atoms with E-state index in [9.17, 15) is 9.59 Å². The van der Waals surface area contributed by atoms with E-state index in [2.05, 4.69) is 4.98 Å². The van der Waals surface area contributed by atoms with Crippen LogP contribution >= 0.6 is 0 Å². The molecule has 0 saturated carbocycles. The monoisotopic (exact) mass is 137 g/mol. The van der Waals surface area contributed by atoms with Crippen LogP contribution < -0.4 is 0 Å². The number of aromatic nitrogens is 1. The standard InChI is InChI=1S/C7H7NO2/c1-5(10)7-3-8-2-6(7)4-9/h2-4,8H,1H3. The molecule has 0 bridgehead atoms. The molecule has 1 heterocycles. The van der Waals surface area contributed by atoms with Crippen LogP contribution in [0.25, 0.3) is 0 Å². The third kappa shape index (κ3) is 0.978. The molecule has 0 atom stereocenters. The molecule has 52 valence electrons. The summed E-state index contributed by atoms with van der Waals surface area (Å²) in [5, 5.41) is 0. The van der Waals surface area contributed by atoms with Crippen molar-refractivity contribution in [3.63, 3.8) is 0 Å². The first-order valence-corrected chi connectivity index (χ1v) is 2.88. The van der Waals surface area contributed by atoms with Gasteiger partial charge in [-0.15, -0.1) is 0 Å². The number of aldehydes is 1. The maximum atomic E-state index is 10.7. The second-order valence-electron chi connectivity index (χ2n) is 2.00. The van der Waals surface area contributed by atoms with Crippen LogP contribution in [0.5, 0.6) is 0 Å². The molecule has 10 heavy (non-hydrogen) atoms. The zero-order valence-electron chi connectivity index (χ0n) is 5.55. The van der Waals surface area contributed by atoms with Gasteiger partial charge in [0.25, 0.3) is 0 Å². The Morgan fingerprint density at radius 3 is 2.70 bits per heavy atom. The van der Waals surface area contributed by atoms with Gasteiger partial charge >= 0.3 is 0 Å². The van der Waals surface area contributed by atoms with Gasteiger partial charge in [0.1, 0.15) is 0 Å². The molecule has 0 saturated heterocycles. The summed E-state index contributed by atoms with van der Waals surface area (Å²) in [6.07, 6.45) is 3.68. The summed E-state index contributed by atoms with van der Waals surface area (Å²) in [6.45, 7) is 1.43. The molecule has 1 aromatic heterocycles. The number of ketones is 1. The number of aromatic amines is 1. The van der Waals surface area contributed by atoms with Crippen LogP contribution in [-0.4, -0.2) is 17.1 Å². The Hall–Kier alpha value is -1.38. The van der Waals surface area contributed by atoms with E-state index in [1.54, 1.807) is 0 Å². The van der Waals surface area contributed by atoms with Gasteiger partial charge in [-0.2, -0.15) is 0 Å². The molecule has 1 aromatic rings. The van der Waals surface area contributed by atoms with Gasteiger partial charge < -0.3 is 4.98 Å². The van der Waals surface area contributed by atoms with Gasteiger partial charge in [-0.25, -0.2) is 0 Å². The molecule has 3 nitrogen and oxygen atoms in total. The van der Waals surface area contributed by atoms with E-state index in [-0.39, 0.29) is 5.78 Å². The molecular formula is C7H7NO2. The summed E-state index contributed by atoms with van der Waals surface area (Å²) >= 11 is 0. The predicted octanol–water partition coefficient (Wildman–Crippen LogP) is 1.03. The number of H-pyrrole nitrogens is 1. The summed E-state index contributed by atoms with van der Waals surface area (Å²) in [6, 6.07) is 0. The second kappa shape index (κ2) is 2.47. The van der Waals surface area contributed by atoms with Gasteiger partial charge in [0.15, 0.2) is 12.1 Å². The molecule has 0 aliphatic carbocycles. The lowest BCUT2D eigenvalue weighted by atomic mass is 10.1. The van der Waals surface area contributed by atoms with Gasteiger partial charge in [-0.05, 0) is 6.92 Å². The van der Waals surface area contributed by atoms with E-state index in [1.165, 1.54) is 19.3 Å². The van der Waals surface area contributed by atoms with Crippen molar-refractivity contribution in [2.24, 2.45) is 0 Å². The van der Waals surface area contributed by atoms with E-state index in [4.69, 9.17) is 0 Å². The Labute approximate surface area is 58.1 Å². The minimum atomic E-state index is -0.0941. The second-order valence-corrected chi connectivity index (χ2v) is 2.00. The zero-order chi connectivity index (χ0) is 7.56. The largest absolute Gasteiger partial charge is 0.366 e. The third-order valence-electron chi connectivity index (χ3n) is 1.28. The topological polar surface area (TPSA) is 49.9 Å². The summed E-state index contributed by atoms with van der Waals surface area (Å²) < 4.78 is 0. The number of carbonyl (C=O) groups excluding carboxylic acids is 2. The summed E-state index contributed by atoms with van der Waals surface area (Å²) in [4.78, 5) is 23.6. The number of hydrogen-bond acceptors (Lipinski definition) is 2. The highest BCUT2D eigenvalue weighted by Crippen LogP contribution is 2.04. The van der Waals surface area contributed by atoms with Crippen molar-refractivity contribution in [3.8, 4) is 0 Å². The van der Waals surface area contributed by atoms with Gasteiger partial charge in [-0.1, -0.05) is 0 Å². The van der Waals surface area contributed by atoms with E-state index in [0.29, 0.717) is 17.4 Å². The number of Topliss-reactive ketones (excluding diaryl/α,β-unsaturated/α-hetero) is 1. The molecule has 1 rings (SSSR count). The molecule has 0 aromatic carbocycles. The van der Waals surface area contributed by atoms with Crippen LogP contribution in [0.3, 0.4) is 0 Å². The summed E-state index contributed by atoms with van der Waals surface area (Å²) in [7, 11) is 0. The normalized spacial score (nSPS) is 9.30. The smallest absolute Gasteiger partial charge is 0.162 e. The van der Waals surface area contributed by atoms with E-state index < -0.39 is 0 Å². The fourth-order valence-electron chi connectivity index (χ4n) is 0.778. The number of rotatable bonds is 2. The Bertz CT molecular complexity index is 262. The zero-order valence-corrected chi connectivity index (χ0v) is 5.55. The van der Waals surface area contributed by atoms with Crippen LogP contribution in [0.15, 0.2) is 12.4 Å². The van der Waals surface area contributed by atoms with Crippen molar-refractivity contribution in [2.45, 2.75) is 6.92 Å². The highest BCUT2D eigenvalue weighted by Gasteiger charge is 2.05. The number of hydrogen-bond donors (Lipinski definition) is 1. The van der Waals surface area contributed by atoms with Crippen LogP contribution in [0.2, 0.25) is 0 Å². The van der Waals surface area contributed by atoms with Crippen molar-refractivity contribution < 1.29 is 9.59 Å². The minimum Gasteiger partial charge on any atom is -0.366 e. The SMILES string of the molecule is CC(=O)c1c[nH]cc1C=O. The van der Waals surface area contributed by atoms with E-state index in [1.807, 2.05) is 0 Å². The van der Waals surface area contributed by atoms with Crippen LogP contribution in [-0.2, 0) is 0 Å². The Kier molecular flexibility index (Phi) is 1.67. The molecule has 0 spiro atoms. The first-order chi connectivity index (χ1) is 4.75. The highest BCUT2D eigenvalue weighted by molar-refractivity contribution is 6.01. The van der Waals surface area contributed by atoms with Gasteiger partial charge in [-0.3, -0.25) is 9.59 Å². The Morgan fingerprint density at radius 1 is 1.60 bits per heavy atom. The lowest BCUT2D eigenvalue weighted by Crippen LogP contribution is -1.92. The maximum Gasteiger partial charge on any atom is 0.162 e. The van der Waals surface area contributed by atoms with Crippen molar-refractivity contribution >= 4 is 12.1 Å². The number of carbonyl (C=O) groups is 2. The van der Waals surface area contributed by atoms with Crippen molar-refractivity contribution in [1.82, 2.24) is 4.98 Å². The Morgan fingerprint density at radius 2 is 2.30 bits per heavy atom. The molecule has 0 radical (unpaired) electrons. The van der Waals surface area contributed by atoms with Crippen LogP contribution in [0.4, 0.5) is 0 Å². The fraction of sp³-hybridized carbons (Fsp3) is 0.143. The summed E-state index contributed by atoms with van der Waals surface area (Å²) in [5.74, 6) is -0.0941. The third-order valence-corrected chi connectivity index (χ3v) is 1.28. The van der Waals surface area contributed by atoms with Crippen LogP contribution in [0, 0.1) is 0 Å². The molecule has 0 unspecified atom stereocenters.